The maximum atomic E-state index is 12.4. The summed E-state index contributed by atoms with van der Waals surface area (Å²) in [7, 11) is 0. The fourth-order valence-corrected chi connectivity index (χ4v) is 3.88. The van der Waals surface area contributed by atoms with Crippen LogP contribution in [0.3, 0.4) is 0 Å². The number of ether oxygens (including phenoxy) is 1. The molecule has 21 heavy (non-hydrogen) atoms. The molecule has 1 atom stereocenters. The van der Waals surface area contributed by atoms with Gasteiger partial charge in [0.25, 0.3) is 5.91 Å². The zero-order valence-corrected chi connectivity index (χ0v) is 12.6. The molecule has 1 fully saturated rings. The van der Waals surface area contributed by atoms with E-state index in [-0.39, 0.29) is 5.91 Å². The summed E-state index contributed by atoms with van der Waals surface area (Å²) in [5.41, 5.74) is 3.48. The lowest BCUT2D eigenvalue weighted by Crippen LogP contribution is -2.28. The molecular weight excluding hydrogens is 282 g/mol. The van der Waals surface area contributed by atoms with E-state index in [1.807, 2.05) is 21.7 Å². The quantitative estimate of drug-likeness (QED) is 0.851. The highest BCUT2D eigenvalue weighted by Crippen LogP contribution is 2.33. The fourth-order valence-electron chi connectivity index (χ4n) is 3.25. The van der Waals surface area contributed by atoms with Gasteiger partial charge in [0.05, 0.1) is 12.2 Å². The Hall–Kier alpha value is -1.81. The Balaban J connectivity index is 1.50. The van der Waals surface area contributed by atoms with Crippen LogP contribution in [0.4, 0.5) is 0 Å². The lowest BCUT2D eigenvalue weighted by molar-refractivity contribution is 0.0791. The predicted octanol–water partition coefficient (Wildman–Crippen LogP) is 3.31. The number of hydrogen-bond donors (Lipinski definition) is 0. The number of likely N-dealkylation sites (tertiary alicyclic amines) is 1. The molecule has 0 bridgehead atoms. The van der Waals surface area contributed by atoms with Crippen molar-refractivity contribution in [1.29, 1.82) is 0 Å². The van der Waals surface area contributed by atoms with Gasteiger partial charge in [-0.3, -0.25) is 4.79 Å². The SMILES string of the molecule is O=C(c1ccsc1)N1CC[C@@H](c2ccc3c(c2)CCO3)C1. The van der Waals surface area contributed by atoms with Gasteiger partial charge < -0.3 is 9.64 Å². The lowest BCUT2D eigenvalue weighted by atomic mass is 9.96. The predicted molar refractivity (Wildman–Crippen MR) is 83.2 cm³/mol. The number of hydrogen-bond acceptors (Lipinski definition) is 3. The molecule has 0 aliphatic carbocycles. The Morgan fingerprint density at radius 1 is 1.33 bits per heavy atom. The van der Waals surface area contributed by atoms with Crippen LogP contribution < -0.4 is 4.74 Å². The number of fused-ring (bicyclic) bond motifs is 1. The van der Waals surface area contributed by atoms with E-state index in [0.717, 1.165) is 43.9 Å². The van der Waals surface area contributed by atoms with Gasteiger partial charge in [-0.2, -0.15) is 11.3 Å². The van der Waals surface area contributed by atoms with Gasteiger partial charge in [0.2, 0.25) is 0 Å². The number of amides is 1. The summed E-state index contributed by atoms with van der Waals surface area (Å²) in [5, 5.41) is 3.89. The first-order valence-corrected chi connectivity index (χ1v) is 8.32. The number of thiophene rings is 1. The molecule has 0 N–H and O–H groups in total. The van der Waals surface area contributed by atoms with Crippen LogP contribution >= 0.6 is 11.3 Å². The third-order valence-electron chi connectivity index (χ3n) is 4.43. The molecule has 1 aromatic heterocycles. The van der Waals surface area contributed by atoms with Crippen molar-refractivity contribution < 1.29 is 9.53 Å². The second kappa shape index (κ2) is 5.19. The van der Waals surface area contributed by atoms with E-state index in [9.17, 15) is 4.79 Å². The van der Waals surface area contributed by atoms with E-state index in [4.69, 9.17) is 4.74 Å². The molecule has 0 unspecified atom stereocenters. The normalized spacial score (nSPS) is 20.4. The van der Waals surface area contributed by atoms with Crippen LogP contribution in [0.25, 0.3) is 0 Å². The molecule has 0 saturated carbocycles. The second-order valence-corrected chi connectivity index (χ2v) is 6.49. The third kappa shape index (κ3) is 2.33. The van der Waals surface area contributed by atoms with Crippen LogP contribution in [0.15, 0.2) is 35.0 Å². The number of carbonyl (C=O) groups excluding carboxylic acids is 1. The van der Waals surface area contributed by atoms with Crippen LogP contribution in [0.5, 0.6) is 5.75 Å². The highest BCUT2D eigenvalue weighted by molar-refractivity contribution is 7.08. The van der Waals surface area contributed by atoms with Gasteiger partial charge >= 0.3 is 0 Å². The second-order valence-electron chi connectivity index (χ2n) is 5.71. The molecule has 108 valence electrons. The van der Waals surface area contributed by atoms with Crippen molar-refractivity contribution in [3.8, 4) is 5.75 Å². The Morgan fingerprint density at radius 3 is 3.14 bits per heavy atom. The highest BCUT2D eigenvalue weighted by Gasteiger charge is 2.28. The summed E-state index contributed by atoms with van der Waals surface area (Å²) in [5.74, 6) is 1.66. The first kappa shape index (κ1) is 12.9. The van der Waals surface area contributed by atoms with Crippen molar-refractivity contribution in [3.63, 3.8) is 0 Å². The lowest BCUT2D eigenvalue weighted by Gasteiger charge is -2.16. The van der Waals surface area contributed by atoms with Gasteiger partial charge in [0.1, 0.15) is 5.75 Å². The Labute approximate surface area is 128 Å². The molecule has 1 aromatic carbocycles. The Morgan fingerprint density at radius 2 is 2.29 bits per heavy atom. The minimum absolute atomic E-state index is 0.170. The van der Waals surface area contributed by atoms with E-state index in [1.165, 1.54) is 11.1 Å². The number of rotatable bonds is 2. The van der Waals surface area contributed by atoms with Gasteiger partial charge in [-0.1, -0.05) is 12.1 Å². The summed E-state index contributed by atoms with van der Waals surface area (Å²) < 4.78 is 5.56. The van der Waals surface area contributed by atoms with Crippen molar-refractivity contribution in [1.82, 2.24) is 4.90 Å². The standard InChI is InChI=1S/C17H17NO2S/c19-17(15-5-8-21-11-15)18-6-3-14(10-18)12-1-2-16-13(9-12)4-7-20-16/h1-2,5,8-9,11,14H,3-4,6-7,10H2/t14-/m1/s1. The zero-order valence-electron chi connectivity index (χ0n) is 11.7. The topological polar surface area (TPSA) is 29.5 Å². The van der Waals surface area contributed by atoms with Gasteiger partial charge in [-0.05, 0) is 35.1 Å². The van der Waals surface area contributed by atoms with Crippen molar-refractivity contribution in [3.05, 3.63) is 51.7 Å². The fraction of sp³-hybridized carbons (Fsp3) is 0.353. The molecule has 4 heteroatoms. The summed E-state index contributed by atoms with van der Waals surface area (Å²) in [4.78, 5) is 14.4. The van der Waals surface area contributed by atoms with Crippen molar-refractivity contribution >= 4 is 17.2 Å². The molecule has 1 amide bonds. The molecule has 0 radical (unpaired) electrons. The van der Waals surface area contributed by atoms with E-state index in [2.05, 4.69) is 18.2 Å². The van der Waals surface area contributed by atoms with Crippen molar-refractivity contribution in [2.24, 2.45) is 0 Å². The number of benzene rings is 1. The molecule has 3 heterocycles. The molecule has 2 aliphatic rings. The van der Waals surface area contributed by atoms with Crippen molar-refractivity contribution in [2.45, 2.75) is 18.8 Å². The molecule has 0 spiro atoms. The molecule has 1 saturated heterocycles. The van der Waals surface area contributed by atoms with Crippen LogP contribution in [0.1, 0.15) is 33.8 Å². The average molecular weight is 299 g/mol. The van der Waals surface area contributed by atoms with Gasteiger partial charge in [0.15, 0.2) is 0 Å². The van der Waals surface area contributed by atoms with E-state index in [0.29, 0.717) is 5.92 Å². The summed E-state index contributed by atoms with van der Waals surface area (Å²) in [6.07, 6.45) is 2.06. The molecule has 3 nitrogen and oxygen atoms in total. The maximum absolute atomic E-state index is 12.4. The molecule has 2 aliphatic heterocycles. The zero-order chi connectivity index (χ0) is 14.2. The largest absolute Gasteiger partial charge is 0.493 e. The summed E-state index contributed by atoms with van der Waals surface area (Å²) >= 11 is 1.58. The van der Waals surface area contributed by atoms with Crippen molar-refractivity contribution in [2.75, 3.05) is 19.7 Å². The van der Waals surface area contributed by atoms with Crippen LogP contribution in [-0.4, -0.2) is 30.5 Å². The summed E-state index contributed by atoms with van der Waals surface area (Å²) in [6, 6.07) is 8.42. The Kier molecular flexibility index (Phi) is 3.19. The first-order valence-electron chi connectivity index (χ1n) is 7.38. The van der Waals surface area contributed by atoms with E-state index < -0.39 is 0 Å². The van der Waals surface area contributed by atoms with Gasteiger partial charge in [-0.15, -0.1) is 0 Å². The van der Waals surface area contributed by atoms with Crippen LogP contribution in [0.2, 0.25) is 0 Å². The molecule has 4 rings (SSSR count). The van der Waals surface area contributed by atoms with Crippen LogP contribution in [0, 0.1) is 0 Å². The van der Waals surface area contributed by atoms with Gasteiger partial charge in [0, 0.05) is 30.8 Å². The van der Waals surface area contributed by atoms with E-state index >= 15 is 0 Å². The third-order valence-corrected chi connectivity index (χ3v) is 5.11. The average Bonchev–Trinajstić information content (AvgIpc) is 3.25. The minimum atomic E-state index is 0.170. The van der Waals surface area contributed by atoms with E-state index in [1.54, 1.807) is 11.3 Å². The van der Waals surface area contributed by atoms with Gasteiger partial charge in [-0.25, -0.2) is 0 Å². The highest BCUT2D eigenvalue weighted by atomic mass is 32.1. The first-order chi connectivity index (χ1) is 10.3. The monoisotopic (exact) mass is 299 g/mol. The number of carbonyl (C=O) groups is 1. The Bertz CT molecular complexity index is 665. The van der Waals surface area contributed by atoms with Crippen LogP contribution in [-0.2, 0) is 6.42 Å². The molecular formula is C17H17NO2S. The number of nitrogens with zero attached hydrogens (tertiary/aromatic N) is 1. The minimum Gasteiger partial charge on any atom is -0.493 e. The molecule has 2 aromatic rings. The smallest absolute Gasteiger partial charge is 0.254 e. The summed E-state index contributed by atoms with van der Waals surface area (Å²) in [6.45, 7) is 2.48. The maximum Gasteiger partial charge on any atom is 0.254 e.